The Bertz CT molecular complexity index is 649. The highest BCUT2D eigenvalue weighted by Crippen LogP contribution is 2.31. The molecule has 0 spiro atoms. The van der Waals surface area contributed by atoms with E-state index in [0.29, 0.717) is 36.0 Å². The molecule has 0 atom stereocenters. The fraction of sp³-hybridized carbons (Fsp3) is 0.188. The van der Waals surface area contributed by atoms with Crippen molar-refractivity contribution in [3.8, 4) is 17.2 Å². The van der Waals surface area contributed by atoms with E-state index >= 15 is 0 Å². The van der Waals surface area contributed by atoms with Crippen LogP contribution >= 0.6 is 0 Å². The van der Waals surface area contributed by atoms with Crippen LogP contribution in [-0.2, 0) is 0 Å². The van der Waals surface area contributed by atoms with Gasteiger partial charge in [-0.2, -0.15) is 0 Å². The van der Waals surface area contributed by atoms with Crippen molar-refractivity contribution in [2.24, 2.45) is 0 Å². The van der Waals surface area contributed by atoms with E-state index in [1.807, 2.05) is 25.1 Å². The van der Waals surface area contributed by atoms with Crippen LogP contribution in [0.25, 0.3) is 0 Å². The normalized spacial score (nSPS) is 12.8. The summed E-state index contributed by atoms with van der Waals surface area (Å²) in [4.78, 5) is 12.1. The molecule has 0 saturated carbocycles. The summed E-state index contributed by atoms with van der Waals surface area (Å²) in [6.45, 7) is 2.96. The Labute approximate surface area is 116 Å². The van der Waals surface area contributed by atoms with Crippen molar-refractivity contribution in [1.29, 1.82) is 0 Å². The van der Waals surface area contributed by atoms with Gasteiger partial charge < -0.3 is 14.2 Å². The van der Waals surface area contributed by atoms with Crippen molar-refractivity contribution in [3.05, 3.63) is 53.6 Å². The van der Waals surface area contributed by atoms with Gasteiger partial charge in [0.05, 0.1) is 5.56 Å². The van der Waals surface area contributed by atoms with Gasteiger partial charge in [0.2, 0.25) is 0 Å². The number of hydrogen-bond acceptors (Lipinski definition) is 4. The topological polar surface area (TPSA) is 44.8 Å². The molecule has 0 aliphatic carbocycles. The summed E-state index contributed by atoms with van der Waals surface area (Å²) in [5, 5.41) is 0. The Morgan fingerprint density at radius 1 is 1.05 bits per heavy atom. The summed E-state index contributed by atoms with van der Waals surface area (Å²) in [5.74, 6) is 1.36. The summed E-state index contributed by atoms with van der Waals surface area (Å²) < 4.78 is 16.2. The maximum absolute atomic E-state index is 12.1. The summed E-state index contributed by atoms with van der Waals surface area (Å²) >= 11 is 0. The van der Waals surface area contributed by atoms with Crippen LogP contribution in [0.4, 0.5) is 0 Å². The third-order valence-electron chi connectivity index (χ3n) is 2.98. The van der Waals surface area contributed by atoms with Crippen LogP contribution in [-0.4, -0.2) is 19.2 Å². The van der Waals surface area contributed by atoms with Crippen LogP contribution in [0.3, 0.4) is 0 Å². The van der Waals surface area contributed by atoms with Crippen LogP contribution in [0.5, 0.6) is 17.2 Å². The van der Waals surface area contributed by atoms with E-state index in [1.54, 1.807) is 24.3 Å². The molecule has 1 aliphatic rings. The minimum Gasteiger partial charge on any atom is -0.486 e. The standard InChI is InChI=1S/C16H14O4/c1-11-3-2-4-13(9-11)20-16(17)12-5-6-14-15(10-12)19-8-7-18-14/h2-6,9-10H,7-8H2,1H3. The highest BCUT2D eigenvalue weighted by molar-refractivity contribution is 5.91. The molecule has 3 rings (SSSR count). The fourth-order valence-corrected chi connectivity index (χ4v) is 2.02. The molecular formula is C16H14O4. The average Bonchev–Trinajstić information content (AvgIpc) is 2.47. The van der Waals surface area contributed by atoms with Crippen LogP contribution in [0.15, 0.2) is 42.5 Å². The molecule has 20 heavy (non-hydrogen) atoms. The van der Waals surface area contributed by atoms with Crippen molar-refractivity contribution >= 4 is 5.97 Å². The zero-order valence-electron chi connectivity index (χ0n) is 11.1. The Kier molecular flexibility index (Phi) is 3.29. The maximum Gasteiger partial charge on any atom is 0.343 e. The third-order valence-corrected chi connectivity index (χ3v) is 2.98. The summed E-state index contributed by atoms with van der Waals surface area (Å²) in [7, 11) is 0. The highest BCUT2D eigenvalue weighted by atomic mass is 16.6. The first-order valence-electron chi connectivity index (χ1n) is 6.41. The van der Waals surface area contributed by atoms with Gasteiger partial charge in [-0.1, -0.05) is 12.1 Å². The van der Waals surface area contributed by atoms with Gasteiger partial charge in [0, 0.05) is 0 Å². The van der Waals surface area contributed by atoms with Gasteiger partial charge in [0.25, 0.3) is 0 Å². The van der Waals surface area contributed by atoms with Gasteiger partial charge >= 0.3 is 5.97 Å². The molecule has 0 unspecified atom stereocenters. The van der Waals surface area contributed by atoms with E-state index < -0.39 is 5.97 Å². The number of carbonyl (C=O) groups is 1. The van der Waals surface area contributed by atoms with Gasteiger partial charge in [-0.3, -0.25) is 0 Å². The minimum atomic E-state index is -0.410. The highest BCUT2D eigenvalue weighted by Gasteiger charge is 2.16. The van der Waals surface area contributed by atoms with Gasteiger partial charge in [0.15, 0.2) is 11.5 Å². The Morgan fingerprint density at radius 2 is 1.85 bits per heavy atom. The second kappa shape index (κ2) is 5.25. The number of rotatable bonds is 2. The molecule has 4 heteroatoms. The lowest BCUT2D eigenvalue weighted by molar-refractivity contribution is 0.0733. The molecule has 4 nitrogen and oxygen atoms in total. The van der Waals surface area contributed by atoms with Crippen LogP contribution in [0.1, 0.15) is 15.9 Å². The quantitative estimate of drug-likeness (QED) is 0.621. The second-order valence-electron chi connectivity index (χ2n) is 4.56. The summed E-state index contributed by atoms with van der Waals surface area (Å²) in [6, 6.07) is 12.4. The number of fused-ring (bicyclic) bond motifs is 1. The predicted octanol–water partition coefficient (Wildman–Crippen LogP) is 2.99. The number of ether oxygens (including phenoxy) is 3. The number of benzene rings is 2. The zero-order valence-corrected chi connectivity index (χ0v) is 11.1. The van der Waals surface area contributed by atoms with Crippen molar-refractivity contribution in [3.63, 3.8) is 0 Å². The lowest BCUT2D eigenvalue weighted by Gasteiger charge is -2.18. The first-order valence-corrected chi connectivity index (χ1v) is 6.41. The minimum absolute atomic E-state index is 0.410. The predicted molar refractivity (Wildman–Crippen MR) is 73.6 cm³/mol. The van der Waals surface area contributed by atoms with Gasteiger partial charge in [-0.05, 0) is 42.8 Å². The van der Waals surface area contributed by atoms with E-state index in [4.69, 9.17) is 14.2 Å². The van der Waals surface area contributed by atoms with Crippen molar-refractivity contribution in [1.82, 2.24) is 0 Å². The summed E-state index contributed by atoms with van der Waals surface area (Å²) in [6.07, 6.45) is 0. The van der Waals surface area contributed by atoms with Crippen molar-refractivity contribution in [2.45, 2.75) is 6.92 Å². The molecule has 0 fully saturated rings. The lowest BCUT2D eigenvalue weighted by Crippen LogP contribution is -2.16. The maximum atomic E-state index is 12.1. The van der Waals surface area contributed by atoms with Crippen molar-refractivity contribution < 1.29 is 19.0 Å². The molecule has 2 aromatic rings. The Balaban J connectivity index is 1.80. The van der Waals surface area contributed by atoms with Crippen LogP contribution in [0, 0.1) is 6.92 Å². The van der Waals surface area contributed by atoms with Crippen LogP contribution < -0.4 is 14.2 Å². The molecule has 1 heterocycles. The molecule has 2 aromatic carbocycles. The van der Waals surface area contributed by atoms with Crippen LogP contribution in [0.2, 0.25) is 0 Å². The number of aryl methyl sites for hydroxylation is 1. The number of hydrogen-bond donors (Lipinski definition) is 0. The SMILES string of the molecule is Cc1cccc(OC(=O)c2ccc3c(c2)OCCO3)c1. The van der Waals surface area contributed by atoms with E-state index in [0.717, 1.165) is 5.56 Å². The second-order valence-corrected chi connectivity index (χ2v) is 4.56. The summed E-state index contributed by atoms with van der Waals surface area (Å²) in [5.41, 5.74) is 1.48. The van der Waals surface area contributed by atoms with E-state index in [-0.39, 0.29) is 0 Å². The first kappa shape index (κ1) is 12.5. The molecule has 0 saturated heterocycles. The van der Waals surface area contributed by atoms with E-state index in [1.165, 1.54) is 0 Å². The Morgan fingerprint density at radius 3 is 2.65 bits per heavy atom. The largest absolute Gasteiger partial charge is 0.486 e. The van der Waals surface area contributed by atoms with Gasteiger partial charge in [-0.15, -0.1) is 0 Å². The van der Waals surface area contributed by atoms with E-state index in [2.05, 4.69) is 0 Å². The molecule has 0 bridgehead atoms. The molecule has 102 valence electrons. The molecular weight excluding hydrogens is 256 g/mol. The average molecular weight is 270 g/mol. The van der Waals surface area contributed by atoms with E-state index in [9.17, 15) is 4.79 Å². The van der Waals surface area contributed by atoms with Gasteiger partial charge in [0.1, 0.15) is 19.0 Å². The lowest BCUT2D eigenvalue weighted by atomic mass is 10.2. The molecule has 0 radical (unpaired) electrons. The molecule has 0 N–H and O–H groups in total. The fourth-order valence-electron chi connectivity index (χ4n) is 2.02. The molecule has 1 aliphatic heterocycles. The zero-order chi connectivity index (χ0) is 13.9. The molecule has 0 aromatic heterocycles. The Hall–Kier alpha value is -2.49. The third kappa shape index (κ3) is 2.59. The first-order chi connectivity index (χ1) is 9.72. The van der Waals surface area contributed by atoms with Crippen molar-refractivity contribution in [2.75, 3.05) is 13.2 Å². The number of carbonyl (C=O) groups excluding carboxylic acids is 1. The monoisotopic (exact) mass is 270 g/mol. The van der Waals surface area contributed by atoms with Gasteiger partial charge in [-0.25, -0.2) is 4.79 Å². The number of esters is 1. The molecule has 0 amide bonds. The smallest absolute Gasteiger partial charge is 0.343 e.